The van der Waals surface area contributed by atoms with Gasteiger partial charge in [0.25, 0.3) is 0 Å². The van der Waals surface area contributed by atoms with Crippen LogP contribution in [0, 0.1) is 0 Å². The number of hydrogen-bond acceptors (Lipinski definition) is 5. The fourth-order valence-electron chi connectivity index (χ4n) is 2.90. The van der Waals surface area contributed by atoms with Crippen LogP contribution in [0.5, 0.6) is 11.5 Å². The highest BCUT2D eigenvalue weighted by Crippen LogP contribution is 2.38. The molecule has 1 atom stereocenters. The van der Waals surface area contributed by atoms with Crippen molar-refractivity contribution in [3.8, 4) is 11.5 Å². The Hall–Kier alpha value is -2.08. The molecule has 4 rings (SSSR count). The van der Waals surface area contributed by atoms with Crippen LogP contribution in [0.25, 0.3) is 0 Å². The minimum absolute atomic E-state index is 0.246. The summed E-state index contributed by atoms with van der Waals surface area (Å²) in [6, 6.07) is 4.46. The number of nitrogens with zero attached hydrogens (tertiary/aromatic N) is 3. The van der Waals surface area contributed by atoms with Crippen LogP contribution in [-0.2, 0) is 19.9 Å². The molecule has 0 radical (unpaired) electrons. The third-order valence-corrected chi connectivity index (χ3v) is 3.99. The first-order chi connectivity index (χ1) is 9.81. The summed E-state index contributed by atoms with van der Waals surface area (Å²) in [4.78, 5) is 4.31. The maximum Gasteiger partial charge on any atom is 0.231 e. The van der Waals surface area contributed by atoms with Gasteiger partial charge in [-0.3, -0.25) is 4.68 Å². The van der Waals surface area contributed by atoms with Crippen LogP contribution < -0.4 is 14.8 Å². The van der Waals surface area contributed by atoms with Gasteiger partial charge < -0.3 is 14.8 Å². The number of aryl methyl sites for hydroxylation is 1. The summed E-state index contributed by atoms with van der Waals surface area (Å²) < 4.78 is 12.8. The van der Waals surface area contributed by atoms with Crippen molar-refractivity contribution in [3.05, 3.63) is 35.4 Å². The van der Waals surface area contributed by atoms with Crippen molar-refractivity contribution in [2.75, 3.05) is 13.3 Å². The van der Waals surface area contributed by atoms with Crippen LogP contribution in [0.3, 0.4) is 0 Å². The van der Waals surface area contributed by atoms with Gasteiger partial charge in [-0.25, -0.2) is 4.98 Å². The second kappa shape index (κ2) is 4.49. The predicted octanol–water partition coefficient (Wildman–Crippen LogP) is 0.973. The van der Waals surface area contributed by atoms with Crippen LogP contribution in [-0.4, -0.2) is 28.1 Å². The first-order valence-corrected chi connectivity index (χ1v) is 6.80. The molecule has 0 saturated heterocycles. The topological polar surface area (TPSA) is 61.2 Å². The monoisotopic (exact) mass is 272 g/mol. The second-order valence-corrected chi connectivity index (χ2v) is 5.16. The van der Waals surface area contributed by atoms with Gasteiger partial charge in [0.15, 0.2) is 11.5 Å². The van der Waals surface area contributed by atoms with E-state index in [1.807, 2.05) is 11.7 Å². The van der Waals surface area contributed by atoms with Crippen molar-refractivity contribution in [1.82, 2.24) is 20.1 Å². The minimum Gasteiger partial charge on any atom is -0.454 e. The molecule has 0 fully saturated rings. The minimum atomic E-state index is 0.246. The summed E-state index contributed by atoms with van der Waals surface area (Å²) in [5, 5.41) is 7.68. The number of nitrogens with one attached hydrogen (secondary N) is 1. The molecule has 1 unspecified atom stereocenters. The smallest absolute Gasteiger partial charge is 0.231 e. The molecule has 2 aliphatic heterocycles. The number of fused-ring (bicyclic) bond motifs is 2. The lowest BCUT2D eigenvalue weighted by atomic mass is 9.91. The molecule has 104 valence electrons. The highest BCUT2D eigenvalue weighted by molar-refractivity contribution is 5.50. The molecule has 1 aromatic carbocycles. The Morgan fingerprint density at radius 1 is 1.35 bits per heavy atom. The summed E-state index contributed by atoms with van der Waals surface area (Å²) >= 11 is 0. The van der Waals surface area contributed by atoms with E-state index in [1.165, 1.54) is 11.1 Å². The maximum atomic E-state index is 5.49. The van der Waals surface area contributed by atoms with Gasteiger partial charge in [-0.2, -0.15) is 5.10 Å². The Morgan fingerprint density at radius 2 is 2.20 bits per heavy atom. The van der Waals surface area contributed by atoms with E-state index in [4.69, 9.17) is 9.47 Å². The molecule has 3 heterocycles. The predicted molar refractivity (Wildman–Crippen MR) is 71.7 cm³/mol. The summed E-state index contributed by atoms with van der Waals surface area (Å²) in [6.45, 7) is 1.29. The SMILES string of the molecule is Cn1ncnc1CC1NCCc2cc3c(cc21)OCO3. The zero-order valence-electron chi connectivity index (χ0n) is 11.3. The molecule has 2 aromatic rings. The van der Waals surface area contributed by atoms with Crippen LogP contribution in [0.1, 0.15) is 23.0 Å². The Kier molecular flexibility index (Phi) is 2.63. The lowest BCUT2D eigenvalue weighted by Gasteiger charge is -2.27. The molecular formula is C14H16N4O2. The first-order valence-electron chi connectivity index (χ1n) is 6.80. The normalized spacial score (nSPS) is 19.9. The van der Waals surface area contributed by atoms with Gasteiger partial charge in [0.2, 0.25) is 6.79 Å². The third-order valence-electron chi connectivity index (χ3n) is 3.99. The Bertz CT molecular complexity index is 653. The van der Waals surface area contributed by atoms with Gasteiger partial charge in [0.1, 0.15) is 12.2 Å². The van der Waals surface area contributed by atoms with E-state index >= 15 is 0 Å². The van der Waals surface area contributed by atoms with E-state index in [9.17, 15) is 0 Å². The third kappa shape index (κ3) is 1.84. The molecule has 0 amide bonds. The van der Waals surface area contributed by atoms with E-state index in [2.05, 4.69) is 27.5 Å². The molecular weight excluding hydrogens is 256 g/mol. The Labute approximate surface area is 116 Å². The number of hydrogen-bond donors (Lipinski definition) is 1. The van der Waals surface area contributed by atoms with Gasteiger partial charge in [0, 0.05) is 19.5 Å². The van der Waals surface area contributed by atoms with E-state index < -0.39 is 0 Å². The maximum absolute atomic E-state index is 5.49. The van der Waals surface area contributed by atoms with Gasteiger partial charge in [-0.05, 0) is 36.2 Å². The summed E-state index contributed by atoms with van der Waals surface area (Å²) in [5.74, 6) is 2.69. The standard InChI is InChI=1S/C14H16N4O2/c1-18-14(16-7-17-18)6-11-10-5-13-12(19-8-20-13)4-9(10)2-3-15-11/h4-5,7,11,15H,2-3,6,8H2,1H3. The fraction of sp³-hybridized carbons (Fsp3) is 0.429. The quantitative estimate of drug-likeness (QED) is 0.883. The van der Waals surface area contributed by atoms with Crippen molar-refractivity contribution in [2.24, 2.45) is 7.05 Å². The lowest BCUT2D eigenvalue weighted by Crippen LogP contribution is -2.31. The molecule has 6 heteroatoms. The zero-order chi connectivity index (χ0) is 13.5. The van der Waals surface area contributed by atoms with Crippen molar-refractivity contribution < 1.29 is 9.47 Å². The van der Waals surface area contributed by atoms with E-state index in [-0.39, 0.29) is 6.04 Å². The Morgan fingerprint density at radius 3 is 3.00 bits per heavy atom. The van der Waals surface area contributed by atoms with Crippen LogP contribution in [0.2, 0.25) is 0 Å². The van der Waals surface area contributed by atoms with Crippen LogP contribution >= 0.6 is 0 Å². The summed E-state index contributed by atoms with van der Waals surface area (Å²) in [5.41, 5.74) is 2.61. The van der Waals surface area contributed by atoms with E-state index in [0.29, 0.717) is 6.79 Å². The van der Waals surface area contributed by atoms with E-state index in [0.717, 1.165) is 36.7 Å². The molecule has 0 saturated carbocycles. The van der Waals surface area contributed by atoms with Gasteiger partial charge in [-0.1, -0.05) is 0 Å². The number of benzene rings is 1. The average molecular weight is 272 g/mol. The van der Waals surface area contributed by atoms with Crippen molar-refractivity contribution >= 4 is 0 Å². The highest BCUT2D eigenvalue weighted by Gasteiger charge is 2.25. The molecule has 6 nitrogen and oxygen atoms in total. The number of aromatic nitrogens is 3. The average Bonchev–Trinajstić information content (AvgIpc) is 3.06. The molecule has 20 heavy (non-hydrogen) atoms. The van der Waals surface area contributed by atoms with Crippen molar-refractivity contribution in [1.29, 1.82) is 0 Å². The van der Waals surface area contributed by atoms with Crippen molar-refractivity contribution in [2.45, 2.75) is 18.9 Å². The molecule has 1 aromatic heterocycles. The first kappa shape index (κ1) is 11.7. The number of rotatable bonds is 2. The molecule has 0 bridgehead atoms. The zero-order valence-corrected chi connectivity index (χ0v) is 11.3. The Balaban J connectivity index is 1.69. The summed E-state index contributed by atoms with van der Waals surface area (Å²) in [6.07, 6.45) is 3.43. The van der Waals surface area contributed by atoms with Gasteiger partial charge >= 0.3 is 0 Å². The fourth-order valence-corrected chi connectivity index (χ4v) is 2.90. The molecule has 1 N–H and O–H groups in total. The van der Waals surface area contributed by atoms with E-state index in [1.54, 1.807) is 6.33 Å². The molecule has 0 aliphatic carbocycles. The molecule has 0 spiro atoms. The highest BCUT2D eigenvalue weighted by atomic mass is 16.7. The van der Waals surface area contributed by atoms with Crippen LogP contribution in [0.4, 0.5) is 0 Å². The van der Waals surface area contributed by atoms with Gasteiger partial charge in [0.05, 0.1) is 0 Å². The van der Waals surface area contributed by atoms with Gasteiger partial charge in [-0.15, -0.1) is 0 Å². The summed E-state index contributed by atoms with van der Waals surface area (Å²) in [7, 11) is 1.92. The van der Waals surface area contributed by atoms with Crippen LogP contribution in [0.15, 0.2) is 18.5 Å². The molecule has 2 aliphatic rings. The van der Waals surface area contributed by atoms with Crippen molar-refractivity contribution in [3.63, 3.8) is 0 Å². The number of ether oxygens (including phenoxy) is 2. The second-order valence-electron chi connectivity index (χ2n) is 5.16. The largest absolute Gasteiger partial charge is 0.454 e. The lowest BCUT2D eigenvalue weighted by molar-refractivity contribution is 0.174.